The molecule has 0 unspecified atom stereocenters. The summed E-state index contributed by atoms with van der Waals surface area (Å²) in [5.41, 5.74) is 1.73. The number of allylic oxidation sites excluding steroid dienone is 1. The van der Waals surface area contributed by atoms with Crippen molar-refractivity contribution >= 4 is 27.6 Å². The van der Waals surface area contributed by atoms with E-state index >= 15 is 0 Å². The van der Waals surface area contributed by atoms with Gasteiger partial charge in [-0.1, -0.05) is 48.5 Å². The molecule has 0 aliphatic carbocycles. The summed E-state index contributed by atoms with van der Waals surface area (Å²) in [6.45, 7) is 0. The molecule has 108 valence electrons. The van der Waals surface area contributed by atoms with E-state index in [2.05, 4.69) is 4.72 Å². The zero-order valence-corrected chi connectivity index (χ0v) is 12.3. The SMILES string of the molecule is CS(=O)(=O)Nc1cccc(C(=O)/C=C/c2ccccc2)c1. The molecule has 21 heavy (non-hydrogen) atoms. The first kappa shape index (κ1) is 15.0. The lowest BCUT2D eigenvalue weighted by atomic mass is 10.1. The van der Waals surface area contributed by atoms with Gasteiger partial charge in [0.05, 0.1) is 6.26 Å². The number of hydrogen-bond acceptors (Lipinski definition) is 3. The molecule has 0 spiro atoms. The third-order valence-corrected chi connectivity index (χ3v) is 3.28. The number of ketones is 1. The lowest BCUT2D eigenvalue weighted by molar-refractivity contribution is 0.104. The summed E-state index contributed by atoms with van der Waals surface area (Å²) < 4.78 is 24.7. The molecule has 0 fully saturated rings. The fraction of sp³-hybridized carbons (Fsp3) is 0.0625. The predicted octanol–water partition coefficient (Wildman–Crippen LogP) is 2.95. The van der Waals surface area contributed by atoms with Crippen molar-refractivity contribution in [2.45, 2.75) is 0 Å². The molecule has 1 N–H and O–H groups in total. The van der Waals surface area contributed by atoms with Crippen molar-refractivity contribution in [3.63, 3.8) is 0 Å². The van der Waals surface area contributed by atoms with Crippen LogP contribution in [-0.2, 0) is 10.0 Å². The van der Waals surface area contributed by atoms with E-state index in [1.807, 2.05) is 30.3 Å². The van der Waals surface area contributed by atoms with Crippen LogP contribution in [0.5, 0.6) is 0 Å². The highest BCUT2D eigenvalue weighted by Gasteiger charge is 2.06. The second kappa shape index (κ2) is 6.37. The van der Waals surface area contributed by atoms with Crippen molar-refractivity contribution in [3.8, 4) is 0 Å². The first-order chi connectivity index (χ1) is 9.94. The maximum Gasteiger partial charge on any atom is 0.229 e. The van der Waals surface area contributed by atoms with Crippen LogP contribution < -0.4 is 4.72 Å². The van der Waals surface area contributed by atoms with E-state index in [-0.39, 0.29) is 5.78 Å². The van der Waals surface area contributed by atoms with Crippen LogP contribution in [0.1, 0.15) is 15.9 Å². The third-order valence-electron chi connectivity index (χ3n) is 2.68. The van der Waals surface area contributed by atoms with Crippen LogP contribution in [-0.4, -0.2) is 20.5 Å². The quantitative estimate of drug-likeness (QED) is 0.682. The van der Waals surface area contributed by atoms with E-state index in [0.717, 1.165) is 11.8 Å². The molecule has 0 aliphatic rings. The molecule has 2 aromatic rings. The standard InChI is InChI=1S/C16H15NO3S/c1-21(19,20)17-15-9-5-8-14(12-15)16(18)11-10-13-6-3-2-4-7-13/h2-12,17H,1H3/b11-10+. The Hall–Kier alpha value is -2.40. The smallest absolute Gasteiger partial charge is 0.229 e. The second-order valence-electron chi connectivity index (χ2n) is 4.56. The Labute approximate surface area is 124 Å². The molecule has 0 saturated carbocycles. The summed E-state index contributed by atoms with van der Waals surface area (Å²) in [5.74, 6) is -0.184. The van der Waals surface area contributed by atoms with Crippen LogP contribution in [0.2, 0.25) is 0 Å². The molecular formula is C16H15NO3S. The number of rotatable bonds is 5. The van der Waals surface area contributed by atoms with Crippen LogP contribution in [0, 0.1) is 0 Å². The minimum atomic E-state index is -3.35. The van der Waals surface area contributed by atoms with Crippen molar-refractivity contribution in [1.82, 2.24) is 0 Å². The molecule has 2 aromatic carbocycles. The lowest BCUT2D eigenvalue weighted by Crippen LogP contribution is -2.10. The molecule has 4 nitrogen and oxygen atoms in total. The van der Waals surface area contributed by atoms with Crippen molar-refractivity contribution in [3.05, 3.63) is 71.8 Å². The number of anilines is 1. The van der Waals surface area contributed by atoms with Crippen LogP contribution in [0.15, 0.2) is 60.7 Å². The van der Waals surface area contributed by atoms with Gasteiger partial charge in [0.1, 0.15) is 0 Å². The first-order valence-electron chi connectivity index (χ1n) is 6.29. The van der Waals surface area contributed by atoms with Crippen LogP contribution in [0.4, 0.5) is 5.69 Å². The average Bonchev–Trinajstić information content (AvgIpc) is 2.44. The summed E-state index contributed by atoms with van der Waals surface area (Å²) in [4.78, 5) is 12.1. The molecule has 5 heteroatoms. The number of carbonyl (C=O) groups is 1. The average molecular weight is 301 g/mol. The zero-order valence-electron chi connectivity index (χ0n) is 11.5. The maximum absolute atomic E-state index is 12.1. The van der Waals surface area contributed by atoms with E-state index in [1.54, 1.807) is 24.3 Å². The zero-order chi connectivity index (χ0) is 15.3. The Balaban J connectivity index is 2.16. The fourth-order valence-electron chi connectivity index (χ4n) is 1.78. The Morgan fingerprint density at radius 2 is 1.76 bits per heavy atom. The van der Waals surface area contributed by atoms with E-state index in [1.165, 1.54) is 12.1 Å². The number of carbonyl (C=O) groups excluding carboxylic acids is 1. The molecule has 0 atom stereocenters. The first-order valence-corrected chi connectivity index (χ1v) is 8.18. The lowest BCUT2D eigenvalue weighted by Gasteiger charge is -2.04. The summed E-state index contributed by atoms with van der Waals surface area (Å²) in [7, 11) is -3.35. The number of nitrogens with one attached hydrogen (secondary N) is 1. The van der Waals surface area contributed by atoms with Gasteiger partial charge >= 0.3 is 0 Å². The monoisotopic (exact) mass is 301 g/mol. The molecule has 0 aliphatic heterocycles. The molecule has 0 amide bonds. The van der Waals surface area contributed by atoms with Crippen LogP contribution in [0.3, 0.4) is 0 Å². The van der Waals surface area contributed by atoms with Gasteiger partial charge in [-0.3, -0.25) is 9.52 Å². The van der Waals surface area contributed by atoms with E-state index < -0.39 is 10.0 Å². The fourth-order valence-corrected chi connectivity index (χ4v) is 2.34. The minimum Gasteiger partial charge on any atom is -0.289 e. The van der Waals surface area contributed by atoms with E-state index in [4.69, 9.17) is 0 Å². The van der Waals surface area contributed by atoms with Gasteiger partial charge < -0.3 is 0 Å². The normalized spacial score (nSPS) is 11.5. The summed E-state index contributed by atoms with van der Waals surface area (Å²) in [5, 5.41) is 0. The van der Waals surface area contributed by atoms with Gasteiger partial charge in [0.25, 0.3) is 0 Å². The van der Waals surface area contributed by atoms with Gasteiger partial charge in [0.15, 0.2) is 5.78 Å². The summed E-state index contributed by atoms with van der Waals surface area (Å²) in [6, 6.07) is 15.9. The molecular weight excluding hydrogens is 286 g/mol. The van der Waals surface area contributed by atoms with Gasteiger partial charge in [0.2, 0.25) is 10.0 Å². The molecule has 0 heterocycles. The summed E-state index contributed by atoms with van der Waals surface area (Å²) in [6.07, 6.45) is 4.25. The number of benzene rings is 2. The Kier molecular flexibility index (Phi) is 4.55. The highest BCUT2D eigenvalue weighted by Crippen LogP contribution is 2.13. The molecule has 0 radical (unpaired) electrons. The van der Waals surface area contributed by atoms with Crippen molar-refractivity contribution in [2.75, 3.05) is 11.0 Å². The maximum atomic E-state index is 12.1. The van der Waals surface area contributed by atoms with Crippen molar-refractivity contribution in [1.29, 1.82) is 0 Å². The number of hydrogen-bond donors (Lipinski definition) is 1. The highest BCUT2D eigenvalue weighted by molar-refractivity contribution is 7.92. The topological polar surface area (TPSA) is 63.2 Å². The Morgan fingerprint density at radius 1 is 1.05 bits per heavy atom. The van der Waals surface area contributed by atoms with Crippen LogP contribution in [0.25, 0.3) is 6.08 Å². The Bertz CT molecular complexity index is 765. The van der Waals surface area contributed by atoms with Gasteiger partial charge in [0, 0.05) is 11.3 Å². The summed E-state index contributed by atoms with van der Waals surface area (Å²) >= 11 is 0. The third kappa shape index (κ3) is 4.89. The van der Waals surface area contributed by atoms with Gasteiger partial charge in [-0.2, -0.15) is 0 Å². The molecule has 0 aromatic heterocycles. The largest absolute Gasteiger partial charge is 0.289 e. The molecule has 0 bridgehead atoms. The van der Waals surface area contributed by atoms with Crippen molar-refractivity contribution < 1.29 is 13.2 Å². The van der Waals surface area contributed by atoms with E-state index in [9.17, 15) is 13.2 Å². The Morgan fingerprint density at radius 3 is 2.43 bits per heavy atom. The van der Waals surface area contributed by atoms with Gasteiger partial charge in [-0.15, -0.1) is 0 Å². The predicted molar refractivity (Wildman–Crippen MR) is 84.7 cm³/mol. The van der Waals surface area contributed by atoms with Gasteiger partial charge in [-0.05, 0) is 23.8 Å². The highest BCUT2D eigenvalue weighted by atomic mass is 32.2. The molecule has 0 saturated heterocycles. The minimum absolute atomic E-state index is 0.184. The van der Waals surface area contributed by atoms with E-state index in [0.29, 0.717) is 11.3 Å². The second-order valence-corrected chi connectivity index (χ2v) is 6.31. The van der Waals surface area contributed by atoms with Crippen LogP contribution >= 0.6 is 0 Å². The van der Waals surface area contributed by atoms with Crippen molar-refractivity contribution in [2.24, 2.45) is 0 Å². The number of sulfonamides is 1. The van der Waals surface area contributed by atoms with Gasteiger partial charge in [-0.25, -0.2) is 8.42 Å². The molecule has 2 rings (SSSR count).